The Bertz CT molecular complexity index is 2500. The zero-order valence-electron chi connectivity index (χ0n) is 42.8. The molecule has 22 nitrogen and oxygen atoms in total. The molecule has 1 saturated carbocycles. The number of rotatable bonds is 28. The summed E-state index contributed by atoms with van der Waals surface area (Å²) in [7, 11) is 0. The van der Waals surface area contributed by atoms with Crippen LogP contribution in [0.25, 0.3) is 11.2 Å². The third-order valence-electron chi connectivity index (χ3n) is 12.6. The first-order valence-electron chi connectivity index (χ1n) is 24.8. The molecule has 11 N–H and O–H groups in total. The Morgan fingerprint density at radius 3 is 2.31 bits per heavy atom. The molecule has 4 aromatic rings. The van der Waals surface area contributed by atoms with E-state index < -0.39 is 47.1 Å². The van der Waals surface area contributed by atoms with Crippen LogP contribution in [-0.4, -0.2) is 110 Å². The molecule has 0 spiro atoms. The molecule has 5 rings (SSSR count). The van der Waals surface area contributed by atoms with Crippen LogP contribution < -0.4 is 48.9 Å². The number of nitrogen functional groups attached to an aromatic ring is 1. The topological polar surface area (TPSA) is 319 Å². The SMILES string of the molecule is CCCCOc1nc(N)c2[nH]c(=O)n(Cc3ccc(CN(C(=O)OCc4ccc(NC(=O)[C@H](CCCNC(N)=O)NC(=O)C(NC(=O)C(C)(C)CCOCC(C)(C)CN)C(C)C)cc4)C4CCC4)cn3)c2n1. The lowest BCUT2D eigenvalue weighted by Gasteiger charge is -2.36. The number of fused-ring (bicyclic) bond motifs is 1. The number of nitrogens with one attached hydrogen (secondary N) is 5. The van der Waals surface area contributed by atoms with Gasteiger partial charge >= 0.3 is 23.8 Å². The Balaban J connectivity index is 1.17. The number of amides is 6. The van der Waals surface area contributed by atoms with Crippen LogP contribution in [0, 0.1) is 16.7 Å². The van der Waals surface area contributed by atoms with E-state index in [-0.39, 0.29) is 67.8 Å². The molecular weight excluding hydrogens is 927 g/mol. The molecule has 0 aliphatic heterocycles. The highest BCUT2D eigenvalue weighted by Gasteiger charge is 2.35. The van der Waals surface area contributed by atoms with Gasteiger partial charge in [-0.15, -0.1) is 0 Å². The average molecular weight is 1000 g/mol. The Morgan fingerprint density at radius 2 is 1.68 bits per heavy atom. The molecule has 6 amide bonds. The van der Waals surface area contributed by atoms with E-state index in [2.05, 4.69) is 41.2 Å². The van der Waals surface area contributed by atoms with Gasteiger partial charge in [0, 0.05) is 41.9 Å². The maximum Gasteiger partial charge on any atom is 0.410 e. The highest BCUT2D eigenvalue weighted by Crippen LogP contribution is 2.28. The molecule has 394 valence electrons. The summed E-state index contributed by atoms with van der Waals surface area (Å²) in [6, 6.07) is 7.81. The fraction of sp³-hybridized carbons (Fsp3) is 0.580. The molecule has 0 radical (unpaired) electrons. The number of primary amides is 1. The zero-order chi connectivity index (χ0) is 52.6. The number of imidazole rings is 1. The third-order valence-corrected chi connectivity index (χ3v) is 12.6. The van der Waals surface area contributed by atoms with Gasteiger partial charge in [-0.25, -0.2) is 14.4 Å². The van der Waals surface area contributed by atoms with Gasteiger partial charge in [0.25, 0.3) is 0 Å². The first-order chi connectivity index (χ1) is 34.2. The van der Waals surface area contributed by atoms with Crippen LogP contribution in [0.15, 0.2) is 47.4 Å². The van der Waals surface area contributed by atoms with Crippen molar-refractivity contribution in [3.05, 3.63) is 69.9 Å². The fourth-order valence-corrected chi connectivity index (χ4v) is 7.50. The van der Waals surface area contributed by atoms with E-state index in [1.54, 1.807) is 69.1 Å². The number of H-pyrrole nitrogens is 1. The number of hydrogen-bond acceptors (Lipinski definition) is 14. The lowest BCUT2D eigenvalue weighted by molar-refractivity contribution is -0.136. The lowest BCUT2D eigenvalue weighted by atomic mass is 9.87. The van der Waals surface area contributed by atoms with Gasteiger partial charge in [0.2, 0.25) is 17.7 Å². The second-order valence-corrected chi connectivity index (χ2v) is 20.2. The van der Waals surface area contributed by atoms with Crippen molar-refractivity contribution < 1.29 is 38.2 Å². The van der Waals surface area contributed by atoms with Crippen LogP contribution in [0.2, 0.25) is 0 Å². The maximum absolute atomic E-state index is 13.8. The standard InChI is InChI=1S/C50H75N13O9/c1-8-9-23-71-46-60-40(52)39-41(61-46)63(47(68)59-39)27-35-20-17-33(25-55-35)26-62(36-12-10-13-36)48(69)72-28-32-15-18-34(19-16-32)56-42(64)37(14-11-22-54-45(53)67)57-43(65)38(31(2)3)58-44(66)50(6,7)21-24-70-30-49(4,5)29-51/h15-20,25,31,36-38H,8-14,21-24,26-30,51H2,1-7H3,(H,56,64)(H,57,65)(H,58,66)(H,59,68)(H2,52,60,61)(H3,53,54,67)/t37-,38?/m0/s1. The number of nitrogens with two attached hydrogens (primary N) is 3. The minimum Gasteiger partial charge on any atom is -0.463 e. The average Bonchev–Trinajstić information content (AvgIpc) is 3.63. The number of ether oxygens (including phenoxy) is 3. The van der Waals surface area contributed by atoms with E-state index in [0.29, 0.717) is 67.3 Å². The molecule has 1 aliphatic carbocycles. The van der Waals surface area contributed by atoms with E-state index in [4.69, 9.17) is 31.4 Å². The third kappa shape index (κ3) is 16.4. The molecule has 22 heteroatoms. The second kappa shape index (κ2) is 26.1. The number of pyridine rings is 1. The van der Waals surface area contributed by atoms with Crippen molar-refractivity contribution in [3.63, 3.8) is 0 Å². The van der Waals surface area contributed by atoms with E-state index in [1.807, 2.05) is 26.8 Å². The van der Waals surface area contributed by atoms with Gasteiger partial charge in [-0.3, -0.25) is 23.9 Å². The highest BCUT2D eigenvalue weighted by molar-refractivity contribution is 5.98. The molecule has 2 atom stereocenters. The van der Waals surface area contributed by atoms with E-state index in [0.717, 1.165) is 37.7 Å². The summed E-state index contributed by atoms with van der Waals surface area (Å²) >= 11 is 0. The minimum absolute atomic E-state index is 0.00199. The number of nitrogens with zero attached hydrogens (tertiary/aromatic N) is 5. The minimum atomic E-state index is -1.04. The first-order valence-corrected chi connectivity index (χ1v) is 24.8. The molecule has 1 unspecified atom stereocenters. The molecule has 1 aliphatic rings. The van der Waals surface area contributed by atoms with E-state index in [1.165, 1.54) is 4.57 Å². The molecule has 1 fully saturated rings. The zero-order valence-corrected chi connectivity index (χ0v) is 42.8. The molecule has 3 aromatic heterocycles. The van der Waals surface area contributed by atoms with Gasteiger partial charge in [-0.05, 0) is 86.7 Å². The predicted molar refractivity (Wildman–Crippen MR) is 272 cm³/mol. The smallest absolute Gasteiger partial charge is 0.410 e. The highest BCUT2D eigenvalue weighted by atomic mass is 16.6. The van der Waals surface area contributed by atoms with Gasteiger partial charge in [0.05, 0.1) is 32.0 Å². The summed E-state index contributed by atoms with van der Waals surface area (Å²) in [5.41, 5.74) is 18.8. The van der Waals surface area contributed by atoms with Crippen LogP contribution in [-0.2, 0) is 43.6 Å². The lowest BCUT2D eigenvalue weighted by Crippen LogP contribution is -2.56. The number of aromatic amines is 1. The Hall–Kier alpha value is -6.81. The second-order valence-electron chi connectivity index (χ2n) is 20.2. The molecule has 0 bridgehead atoms. The number of aromatic nitrogens is 5. The van der Waals surface area contributed by atoms with Crippen LogP contribution >= 0.6 is 0 Å². The summed E-state index contributed by atoms with van der Waals surface area (Å²) in [6.07, 6.45) is 6.48. The van der Waals surface area contributed by atoms with Crippen molar-refractivity contribution in [2.75, 3.05) is 44.0 Å². The van der Waals surface area contributed by atoms with Crippen LogP contribution in [0.1, 0.15) is 117 Å². The van der Waals surface area contributed by atoms with Crippen molar-refractivity contribution in [2.45, 2.75) is 138 Å². The largest absolute Gasteiger partial charge is 0.463 e. The number of urea groups is 1. The fourth-order valence-electron chi connectivity index (χ4n) is 7.50. The van der Waals surface area contributed by atoms with E-state index >= 15 is 0 Å². The number of carbonyl (C=O) groups is 5. The first kappa shape index (κ1) is 56.1. The summed E-state index contributed by atoms with van der Waals surface area (Å²) in [6.45, 7) is 15.4. The molecule has 1 aromatic carbocycles. The summed E-state index contributed by atoms with van der Waals surface area (Å²) in [4.78, 5) is 96.6. The summed E-state index contributed by atoms with van der Waals surface area (Å²) in [5.74, 6) is -1.60. The molecular formula is C50H75N13O9. The number of hydrogen-bond donors (Lipinski definition) is 8. The van der Waals surface area contributed by atoms with Gasteiger partial charge in [0.1, 0.15) is 24.2 Å². The van der Waals surface area contributed by atoms with Crippen molar-refractivity contribution in [1.82, 2.24) is 45.4 Å². The maximum atomic E-state index is 13.8. The Kier molecular flexibility index (Phi) is 20.3. The quantitative estimate of drug-likeness (QED) is 0.0365. The predicted octanol–water partition coefficient (Wildman–Crippen LogP) is 4.45. The normalized spacial score (nSPS) is 13.7. The monoisotopic (exact) mass is 1000 g/mol. The van der Waals surface area contributed by atoms with Crippen LogP contribution in [0.4, 0.5) is 21.1 Å². The Labute approximate surface area is 420 Å². The van der Waals surface area contributed by atoms with E-state index in [9.17, 15) is 28.8 Å². The Morgan fingerprint density at radius 1 is 0.958 bits per heavy atom. The van der Waals surface area contributed by atoms with Crippen molar-refractivity contribution in [1.29, 1.82) is 0 Å². The van der Waals surface area contributed by atoms with Crippen molar-refractivity contribution in [3.8, 4) is 6.01 Å². The molecule has 72 heavy (non-hydrogen) atoms. The van der Waals surface area contributed by atoms with Gasteiger partial charge in [-0.2, -0.15) is 9.97 Å². The molecule has 0 saturated heterocycles. The van der Waals surface area contributed by atoms with Crippen LogP contribution in [0.5, 0.6) is 6.01 Å². The van der Waals surface area contributed by atoms with Gasteiger partial charge < -0.3 is 62.6 Å². The summed E-state index contributed by atoms with van der Waals surface area (Å²) < 4.78 is 18.7. The molecule has 3 heterocycles. The number of carbonyl (C=O) groups excluding carboxylic acids is 5. The number of benzene rings is 1. The van der Waals surface area contributed by atoms with Crippen molar-refractivity contribution in [2.24, 2.45) is 28.2 Å². The van der Waals surface area contributed by atoms with Crippen LogP contribution in [0.3, 0.4) is 0 Å². The number of anilines is 2. The van der Waals surface area contributed by atoms with Crippen molar-refractivity contribution >= 4 is 52.5 Å². The summed E-state index contributed by atoms with van der Waals surface area (Å²) in [5, 5.41) is 11.1. The van der Waals surface area contributed by atoms with Gasteiger partial charge in [0.15, 0.2) is 11.5 Å². The van der Waals surface area contributed by atoms with Gasteiger partial charge in [-0.1, -0.05) is 73.1 Å². The number of unbranched alkanes of at least 4 members (excludes halogenated alkanes) is 1.